The van der Waals surface area contributed by atoms with Gasteiger partial charge in [0, 0.05) is 29.8 Å². The van der Waals surface area contributed by atoms with E-state index in [1.165, 1.54) is 33.3 Å². The molecule has 4 aromatic rings. The Kier molecular flexibility index (Phi) is 7.42. The number of nitrogens with zero attached hydrogens (tertiary/aromatic N) is 2. The highest BCUT2D eigenvalue weighted by Crippen LogP contribution is 2.35. The number of aromatic nitrogens is 3. The number of nitrogens with two attached hydrogens (primary N) is 1. The predicted molar refractivity (Wildman–Crippen MR) is 141 cm³/mol. The van der Waals surface area contributed by atoms with E-state index in [-0.39, 0.29) is 34.6 Å². The lowest BCUT2D eigenvalue weighted by atomic mass is 10.0. The average molecular weight is 520 g/mol. The van der Waals surface area contributed by atoms with Gasteiger partial charge in [0.05, 0.1) is 25.6 Å². The Balaban J connectivity index is 1.85. The molecule has 0 radical (unpaired) electrons. The Morgan fingerprint density at radius 2 is 1.76 bits per heavy atom. The van der Waals surface area contributed by atoms with Crippen LogP contribution < -0.4 is 31.5 Å². The summed E-state index contributed by atoms with van der Waals surface area (Å²) in [4.78, 5) is 27.4. The fourth-order valence-corrected chi connectivity index (χ4v) is 3.88. The second kappa shape index (κ2) is 10.9. The molecular formula is C26H26FN7O4. The Labute approximate surface area is 216 Å². The van der Waals surface area contributed by atoms with E-state index in [9.17, 15) is 9.59 Å². The molecule has 0 aliphatic heterocycles. The number of ether oxygens (including phenoxy) is 2. The van der Waals surface area contributed by atoms with E-state index in [1.807, 2.05) is 0 Å². The summed E-state index contributed by atoms with van der Waals surface area (Å²) in [5.41, 5.74) is 6.83. The molecular weight excluding hydrogens is 493 g/mol. The Bertz CT molecular complexity index is 1550. The van der Waals surface area contributed by atoms with Crippen molar-refractivity contribution in [3.8, 4) is 17.2 Å². The van der Waals surface area contributed by atoms with E-state index in [1.54, 1.807) is 48.5 Å². The van der Waals surface area contributed by atoms with Gasteiger partial charge in [0.15, 0.2) is 17.3 Å². The summed E-state index contributed by atoms with van der Waals surface area (Å²) >= 11 is 0. The smallest absolute Gasteiger partial charge is 0.348 e. The zero-order chi connectivity index (χ0) is 27.4. The molecule has 196 valence electrons. The van der Waals surface area contributed by atoms with E-state index < -0.39 is 17.5 Å². The maximum Gasteiger partial charge on any atom is 0.348 e. The number of methoxy groups -OCH3 is 2. The number of carbonyl (C=O) groups is 1. The van der Waals surface area contributed by atoms with E-state index in [0.29, 0.717) is 22.6 Å². The van der Waals surface area contributed by atoms with Crippen molar-refractivity contribution in [3.63, 3.8) is 0 Å². The van der Waals surface area contributed by atoms with Crippen LogP contribution in [0.2, 0.25) is 0 Å². The maximum absolute atomic E-state index is 15.4. The number of benzene rings is 3. The van der Waals surface area contributed by atoms with Gasteiger partial charge in [-0.3, -0.25) is 15.2 Å². The third-order valence-corrected chi connectivity index (χ3v) is 5.67. The number of nitrogen functional groups attached to an aromatic ring is 1. The number of anilines is 2. The number of H-pyrrole nitrogens is 1. The largest absolute Gasteiger partial charge is 0.493 e. The minimum Gasteiger partial charge on any atom is -0.493 e. The summed E-state index contributed by atoms with van der Waals surface area (Å²) in [6.45, 7) is 1.35. The van der Waals surface area contributed by atoms with E-state index in [0.717, 1.165) is 4.68 Å². The highest BCUT2D eigenvalue weighted by atomic mass is 19.1. The van der Waals surface area contributed by atoms with Gasteiger partial charge in [0.2, 0.25) is 5.91 Å². The lowest BCUT2D eigenvalue weighted by Gasteiger charge is -2.20. The second-order valence-corrected chi connectivity index (χ2v) is 8.22. The molecule has 6 N–H and O–H groups in total. The number of para-hydroxylation sites is 2. The second-order valence-electron chi connectivity index (χ2n) is 8.22. The molecule has 0 spiro atoms. The molecule has 3 aromatic carbocycles. The number of hydrogen-bond donors (Lipinski definition) is 5. The van der Waals surface area contributed by atoms with Crippen LogP contribution in [0.1, 0.15) is 29.9 Å². The van der Waals surface area contributed by atoms with E-state index in [2.05, 4.69) is 20.7 Å². The van der Waals surface area contributed by atoms with Crippen molar-refractivity contribution in [1.29, 1.82) is 5.41 Å². The molecule has 0 saturated carbocycles. The summed E-state index contributed by atoms with van der Waals surface area (Å²) in [6, 6.07) is 14.9. The molecule has 0 bridgehead atoms. The van der Waals surface area contributed by atoms with Crippen LogP contribution in [0.5, 0.6) is 11.5 Å². The van der Waals surface area contributed by atoms with Gasteiger partial charge in [-0.1, -0.05) is 12.1 Å². The van der Waals surface area contributed by atoms with Crippen LogP contribution in [0, 0.1) is 11.2 Å². The number of amides is 1. The van der Waals surface area contributed by atoms with Gasteiger partial charge in [-0.15, -0.1) is 5.10 Å². The SMILES string of the molecule is COc1cc(F)c(C(Nc2ccc(C(=N)N)cc2)c2nn(-c3ccccc3NC(C)=O)c(=O)[nH]2)cc1OC. The van der Waals surface area contributed by atoms with E-state index in [4.69, 9.17) is 20.6 Å². The lowest BCUT2D eigenvalue weighted by molar-refractivity contribution is -0.114. The summed E-state index contributed by atoms with van der Waals surface area (Å²) in [7, 11) is 2.83. The van der Waals surface area contributed by atoms with Crippen LogP contribution in [0.15, 0.2) is 65.5 Å². The zero-order valence-corrected chi connectivity index (χ0v) is 20.8. The monoisotopic (exact) mass is 519 g/mol. The molecule has 1 heterocycles. The number of hydrogen-bond acceptors (Lipinski definition) is 7. The molecule has 1 unspecified atom stereocenters. The van der Waals surface area contributed by atoms with Crippen LogP contribution in [0.3, 0.4) is 0 Å². The van der Waals surface area contributed by atoms with Gasteiger partial charge in [0.1, 0.15) is 17.7 Å². The van der Waals surface area contributed by atoms with Crippen LogP contribution in [0.25, 0.3) is 5.69 Å². The minimum atomic E-state index is -0.986. The maximum atomic E-state index is 15.4. The molecule has 11 nitrogen and oxygen atoms in total. The van der Waals surface area contributed by atoms with Gasteiger partial charge in [-0.25, -0.2) is 9.18 Å². The number of nitrogens with one attached hydrogen (secondary N) is 4. The Morgan fingerprint density at radius 1 is 1.11 bits per heavy atom. The molecule has 4 rings (SSSR count). The topological polar surface area (TPSA) is 160 Å². The first kappa shape index (κ1) is 25.9. The average Bonchev–Trinajstić information content (AvgIpc) is 3.28. The van der Waals surface area contributed by atoms with Crippen molar-refractivity contribution < 1.29 is 18.7 Å². The molecule has 0 saturated heterocycles. The fraction of sp³-hybridized carbons (Fsp3) is 0.154. The third-order valence-electron chi connectivity index (χ3n) is 5.67. The van der Waals surface area contributed by atoms with Crippen LogP contribution >= 0.6 is 0 Å². The molecule has 1 amide bonds. The number of halogens is 1. The van der Waals surface area contributed by atoms with Gasteiger partial charge < -0.3 is 25.8 Å². The summed E-state index contributed by atoms with van der Waals surface area (Å²) in [6.07, 6.45) is 0. The van der Waals surface area contributed by atoms with Crippen molar-refractivity contribution in [2.24, 2.45) is 5.73 Å². The number of carbonyl (C=O) groups excluding carboxylic acids is 1. The van der Waals surface area contributed by atoms with Gasteiger partial charge in [0.25, 0.3) is 0 Å². The fourth-order valence-electron chi connectivity index (χ4n) is 3.88. The number of rotatable bonds is 9. The Hall–Kier alpha value is -5.13. The highest BCUT2D eigenvalue weighted by Gasteiger charge is 2.26. The standard InChI is InChI=1S/C26H26FN7O4/c1-14(35)30-19-6-4-5-7-20(19)34-26(36)32-25(33-34)23(31-16-10-8-15(9-11-16)24(28)29)17-12-21(37-2)22(38-3)13-18(17)27/h4-13,23,31H,1-3H3,(H3,28,29)(H,30,35)(H,32,33,36). The summed E-state index contributed by atoms with van der Waals surface area (Å²) < 4.78 is 27.1. The molecule has 0 aliphatic carbocycles. The predicted octanol–water partition coefficient (Wildman–Crippen LogP) is 3.16. The molecule has 38 heavy (non-hydrogen) atoms. The zero-order valence-electron chi connectivity index (χ0n) is 20.8. The van der Waals surface area contributed by atoms with Crippen molar-refractivity contribution >= 4 is 23.1 Å². The molecule has 0 aliphatic rings. The van der Waals surface area contributed by atoms with E-state index >= 15 is 4.39 Å². The first-order valence-corrected chi connectivity index (χ1v) is 11.4. The number of aromatic amines is 1. The molecule has 1 atom stereocenters. The lowest BCUT2D eigenvalue weighted by Crippen LogP contribution is -2.18. The van der Waals surface area contributed by atoms with Crippen molar-refractivity contribution in [2.45, 2.75) is 13.0 Å². The summed E-state index contributed by atoms with van der Waals surface area (Å²) in [5, 5.41) is 17.9. The first-order chi connectivity index (χ1) is 18.2. The third kappa shape index (κ3) is 5.33. The van der Waals surface area contributed by atoms with Crippen LogP contribution in [0.4, 0.5) is 15.8 Å². The van der Waals surface area contributed by atoms with Crippen LogP contribution in [-0.2, 0) is 4.79 Å². The summed E-state index contributed by atoms with van der Waals surface area (Å²) in [5.74, 6) is -0.479. The molecule has 1 aromatic heterocycles. The molecule has 0 fully saturated rings. The van der Waals surface area contributed by atoms with Crippen LogP contribution in [-0.4, -0.2) is 40.7 Å². The Morgan fingerprint density at radius 3 is 2.39 bits per heavy atom. The van der Waals surface area contributed by atoms with Gasteiger partial charge in [-0.2, -0.15) is 4.68 Å². The normalized spacial score (nSPS) is 11.5. The quantitative estimate of drug-likeness (QED) is 0.168. The number of amidine groups is 1. The van der Waals surface area contributed by atoms with Crippen molar-refractivity contribution in [3.05, 3.63) is 93.9 Å². The van der Waals surface area contributed by atoms with Gasteiger partial charge in [-0.05, 0) is 42.5 Å². The van der Waals surface area contributed by atoms with Crippen molar-refractivity contribution in [1.82, 2.24) is 14.8 Å². The first-order valence-electron chi connectivity index (χ1n) is 11.4. The van der Waals surface area contributed by atoms with Gasteiger partial charge >= 0.3 is 5.69 Å². The molecule has 12 heteroatoms. The van der Waals surface area contributed by atoms with Crippen molar-refractivity contribution in [2.75, 3.05) is 24.9 Å². The minimum absolute atomic E-state index is 0.0920. The highest BCUT2D eigenvalue weighted by molar-refractivity contribution is 5.95.